The van der Waals surface area contributed by atoms with Crippen molar-refractivity contribution in [2.75, 3.05) is 0 Å². The van der Waals surface area contributed by atoms with Crippen molar-refractivity contribution < 1.29 is 9.60 Å². The predicted octanol–water partition coefficient (Wildman–Crippen LogP) is 6.70. The highest BCUT2D eigenvalue weighted by atomic mass is 19.1. The van der Waals surface area contributed by atoms with E-state index in [4.69, 9.17) is 5.10 Å². The van der Waals surface area contributed by atoms with Crippen LogP contribution in [0.3, 0.4) is 0 Å². The second-order valence-electron chi connectivity index (χ2n) is 8.86. The SMILES string of the molecule is ON1C=Cc2c(c(-c3cccc(F)c3)nn2C(c2ccccc2)(c2ccccc2)c2ccccc2)C1. The zero-order chi connectivity index (χ0) is 24.5. The molecule has 176 valence electrons. The normalized spacial score (nSPS) is 13.0. The summed E-state index contributed by atoms with van der Waals surface area (Å²) in [5.41, 5.74) is 5.29. The highest BCUT2D eigenvalue weighted by Gasteiger charge is 2.42. The van der Waals surface area contributed by atoms with Crippen molar-refractivity contribution >= 4 is 6.08 Å². The number of rotatable bonds is 5. The Morgan fingerprint density at radius 3 is 1.81 bits per heavy atom. The summed E-state index contributed by atoms with van der Waals surface area (Å²) in [6.07, 6.45) is 3.51. The number of hydroxylamine groups is 2. The molecule has 0 fully saturated rings. The second kappa shape index (κ2) is 8.95. The van der Waals surface area contributed by atoms with Gasteiger partial charge in [0.1, 0.15) is 11.4 Å². The third-order valence-corrected chi connectivity index (χ3v) is 6.74. The van der Waals surface area contributed by atoms with Gasteiger partial charge in [0, 0.05) is 17.3 Å². The third-order valence-electron chi connectivity index (χ3n) is 6.74. The van der Waals surface area contributed by atoms with Crippen LogP contribution < -0.4 is 0 Å². The molecule has 0 saturated heterocycles. The maximum absolute atomic E-state index is 14.3. The number of halogens is 1. The van der Waals surface area contributed by atoms with E-state index in [-0.39, 0.29) is 12.4 Å². The van der Waals surface area contributed by atoms with Gasteiger partial charge in [-0.2, -0.15) is 5.10 Å². The van der Waals surface area contributed by atoms with Gasteiger partial charge in [0.25, 0.3) is 0 Å². The monoisotopic (exact) mass is 473 g/mol. The Bertz CT molecular complexity index is 1430. The first kappa shape index (κ1) is 22.0. The molecule has 6 rings (SSSR count). The largest absolute Gasteiger partial charge is 0.289 e. The van der Waals surface area contributed by atoms with E-state index in [9.17, 15) is 9.60 Å². The highest BCUT2D eigenvalue weighted by molar-refractivity contribution is 5.71. The summed E-state index contributed by atoms with van der Waals surface area (Å²) in [6, 6.07) is 37.3. The molecule has 0 saturated carbocycles. The first-order valence-corrected chi connectivity index (χ1v) is 11.9. The van der Waals surface area contributed by atoms with Crippen molar-refractivity contribution in [2.24, 2.45) is 0 Å². The average Bonchev–Trinajstić information content (AvgIpc) is 3.30. The van der Waals surface area contributed by atoms with Gasteiger partial charge in [-0.25, -0.2) is 9.07 Å². The van der Waals surface area contributed by atoms with Crippen LogP contribution >= 0.6 is 0 Å². The molecule has 0 bridgehead atoms. The number of benzene rings is 4. The Morgan fingerprint density at radius 1 is 0.722 bits per heavy atom. The smallest absolute Gasteiger partial charge is 0.138 e. The molecule has 0 aliphatic carbocycles. The lowest BCUT2D eigenvalue weighted by Crippen LogP contribution is -2.39. The first-order valence-electron chi connectivity index (χ1n) is 11.9. The molecule has 1 aliphatic heterocycles. The lowest BCUT2D eigenvalue weighted by Gasteiger charge is -2.37. The van der Waals surface area contributed by atoms with Crippen molar-refractivity contribution in [1.82, 2.24) is 14.8 Å². The molecule has 4 aromatic carbocycles. The van der Waals surface area contributed by atoms with Crippen LogP contribution in [-0.2, 0) is 12.1 Å². The summed E-state index contributed by atoms with van der Waals surface area (Å²) in [5, 5.41) is 16.7. The lowest BCUT2D eigenvalue weighted by atomic mass is 9.77. The van der Waals surface area contributed by atoms with E-state index in [1.165, 1.54) is 12.1 Å². The molecule has 0 spiro atoms. The Morgan fingerprint density at radius 2 is 1.28 bits per heavy atom. The van der Waals surface area contributed by atoms with E-state index >= 15 is 0 Å². The zero-order valence-corrected chi connectivity index (χ0v) is 19.5. The van der Waals surface area contributed by atoms with Gasteiger partial charge in [-0.15, -0.1) is 0 Å². The van der Waals surface area contributed by atoms with E-state index in [1.807, 2.05) is 71.4 Å². The Labute approximate surface area is 209 Å². The van der Waals surface area contributed by atoms with Crippen molar-refractivity contribution in [3.63, 3.8) is 0 Å². The number of aromatic nitrogens is 2. The van der Waals surface area contributed by atoms with Crippen LogP contribution in [0, 0.1) is 5.82 Å². The summed E-state index contributed by atoms with van der Waals surface area (Å²) in [4.78, 5) is 0. The van der Waals surface area contributed by atoms with E-state index < -0.39 is 5.54 Å². The molecule has 1 N–H and O–H groups in total. The van der Waals surface area contributed by atoms with Crippen LogP contribution in [0.2, 0.25) is 0 Å². The van der Waals surface area contributed by atoms with E-state index in [0.717, 1.165) is 33.0 Å². The van der Waals surface area contributed by atoms with Crippen molar-refractivity contribution in [3.8, 4) is 11.3 Å². The van der Waals surface area contributed by atoms with Crippen LogP contribution in [0.25, 0.3) is 17.3 Å². The summed E-state index contributed by atoms with van der Waals surface area (Å²) >= 11 is 0. The van der Waals surface area contributed by atoms with Crippen molar-refractivity contribution in [1.29, 1.82) is 0 Å². The van der Waals surface area contributed by atoms with Crippen LogP contribution in [0.4, 0.5) is 4.39 Å². The predicted molar refractivity (Wildman–Crippen MR) is 139 cm³/mol. The minimum absolute atomic E-state index is 0.242. The molecular formula is C31H24FN3O. The summed E-state index contributed by atoms with van der Waals surface area (Å²) in [7, 11) is 0. The van der Waals surface area contributed by atoms with Gasteiger partial charge in [0.2, 0.25) is 0 Å². The van der Waals surface area contributed by atoms with Gasteiger partial charge in [0.15, 0.2) is 0 Å². The van der Waals surface area contributed by atoms with Gasteiger partial charge >= 0.3 is 0 Å². The van der Waals surface area contributed by atoms with Crippen molar-refractivity contribution in [3.05, 3.63) is 155 Å². The molecule has 36 heavy (non-hydrogen) atoms. The topological polar surface area (TPSA) is 41.3 Å². The number of nitrogens with zero attached hydrogens (tertiary/aromatic N) is 3. The molecule has 0 unspecified atom stereocenters. The van der Waals surface area contributed by atoms with Crippen LogP contribution in [0.15, 0.2) is 121 Å². The minimum atomic E-state index is -0.818. The maximum atomic E-state index is 14.3. The number of hydrogen-bond acceptors (Lipinski definition) is 3. The molecule has 4 nitrogen and oxygen atoms in total. The van der Waals surface area contributed by atoms with Crippen LogP contribution in [0.1, 0.15) is 27.9 Å². The maximum Gasteiger partial charge on any atom is 0.138 e. The fourth-order valence-electron chi connectivity index (χ4n) is 5.19. The first-order chi connectivity index (χ1) is 17.7. The molecule has 5 aromatic rings. The van der Waals surface area contributed by atoms with E-state index in [1.54, 1.807) is 12.3 Å². The molecule has 5 heteroatoms. The second-order valence-corrected chi connectivity index (χ2v) is 8.86. The van der Waals surface area contributed by atoms with Gasteiger partial charge in [0.05, 0.1) is 17.9 Å². The molecular weight excluding hydrogens is 449 g/mol. The third kappa shape index (κ3) is 3.53. The fraction of sp³-hybridized carbons (Fsp3) is 0.0645. The standard InChI is InChI=1S/C31H24FN3O/c32-27-18-10-11-23(21-27)30-28-22-34(36)20-19-29(28)35(33-30)31(24-12-4-1-5-13-24,25-14-6-2-7-15-25)26-16-8-3-9-17-26/h1-21,36H,22H2. The quantitative estimate of drug-likeness (QED) is 0.289. The molecule has 1 aliphatic rings. The van der Waals surface area contributed by atoms with Crippen molar-refractivity contribution in [2.45, 2.75) is 12.1 Å². The molecule has 2 heterocycles. The van der Waals surface area contributed by atoms with Crippen LogP contribution in [0.5, 0.6) is 0 Å². The molecule has 1 aromatic heterocycles. The van der Waals surface area contributed by atoms with Gasteiger partial charge in [-0.3, -0.25) is 10.3 Å². The summed E-state index contributed by atoms with van der Waals surface area (Å²) in [6.45, 7) is 0.242. The van der Waals surface area contributed by atoms with Gasteiger partial charge in [-0.1, -0.05) is 103 Å². The molecule has 0 amide bonds. The summed E-state index contributed by atoms with van der Waals surface area (Å²) < 4.78 is 16.3. The summed E-state index contributed by atoms with van der Waals surface area (Å²) in [5.74, 6) is -0.330. The van der Waals surface area contributed by atoms with Gasteiger partial charge < -0.3 is 0 Å². The Kier molecular flexibility index (Phi) is 5.47. The number of hydrogen-bond donors (Lipinski definition) is 1. The zero-order valence-electron chi connectivity index (χ0n) is 19.5. The average molecular weight is 474 g/mol. The van der Waals surface area contributed by atoms with Crippen LogP contribution in [-0.4, -0.2) is 20.1 Å². The van der Waals surface area contributed by atoms with Gasteiger partial charge in [-0.05, 0) is 34.9 Å². The van der Waals surface area contributed by atoms with E-state index in [0.29, 0.717) is 11.3 Å². The molecule has 0 radical (unpaired) electrons. The Balaban J connectivity index is 1.76. The highest BCUT2D eigenvalue weighted by Crippen LogP contribution is 2.44. The fourth-order valence-corrected chi connectivity index (χ4v) is 5.19. The minimum Gasteiger partial charge on any atom is -0.289 e. The Hall–Kier alpha value is -4.48. The number of fused-ring (bicyclic) bond motifs is 1. The lowest BCUT2D eigenvalue weighted by molar-refractivity contribution is -0.0494. The molecule has 0 atom stereocenters. The van der Waals surface area contributed by atoms with E-state index in [2.05, 4.69) is 36.4 Å².